The maximum Gasteiger partial charge on any atom is 0.223 e. The lowest BCUT2D eigenvalue weighted by atomic mass is 9.92. The lowest BCUT2D eigenvalue weighted by Crippen LogP contribution is -2.41. The first-order valence-corrected chi connectivity index (χ1v) is 10.8. The van der Waals surface area contributed by atoms with E-state index in [1.807, 2.05) is 48.2 Å². The Balaban J connectivity index is 1.63. The summed E-state index contributed by atoms with van der Waals surface area (Å²) in [5.74, 6) is 1.50. The standard InChI is InChI=1S/C24H23ClN4O2/c1-16-26-27-24-18(15-23(30)28-10-12-31-13-11-28)14-21(17-6-8-19(25)9-7-17)20-4-2-3-5-22(20)29(16)24/h2-9,14,18H,10-13,15H2,1H3/t18-/m0/s1. The van der Waals surface area contributed by atoms with Crippen LogP contribution in [0.1, 0.15) is 35.1 Å². The highest BCUT2D eigenvalue weighted by atomic mass is 35.5. The lowest BCUT2D eigenvalue weighted by Gasteiger charge is -2.28. The lowest BCUT2D eigenvalue weighted by molar-refractivity contribution is -0.135. The van der Waals surface area contributed by atoms with Crippen molar-refractivity contribution < 1.29 is 9.53 Å². The quantitative estimate of drug-likeness (QED) is 0.625. The van der Waals surface area contributed by atoms with Gasteiger partial charge >= 0.3 is 0 Å². The van der Waals surface area contributed by atoms with Gasteiger partial charge in [-0.25, -0.2) is 0 Å². The molecule has 2 aliphatic heterocycles. The zero-order valence-corrected chi connectivity index (χ0v) is 18.0. The van der Waals surface area contributed by atoms with Crippen LogP contribution >= 0.6 is 11.6 Å². The predicted molar refractivity (Wildman–Crippen MR) is 119 cm³/mol. The van der Waals surface area contributed by atoms with E-state index in [9.17, 15) is 4.79 Å². The Hall–Kier alpha value is -2.96. The zero-order chi connectivity index (χ0) is 21.4. The summed E-state index contributed by atoms with van der Waals surface area (Å²) in [5.41, 5.74) is 4.21. The molecule has 6 nitrogen and oxygen atoms in total. The van der Waals surface area contributed by atoms with Gasteiger partial charge < -0.3 is 9.64 Å². The molecule has 31 heavy (non-hydrogen) atoms. The molecule has 1 saturated heterocycles. The van der Waals surface area contributed by atoms with E-state index in [0.29, 0.717) is 37.7 Å². The molecule has 0 N–H and O–H groups in total. The molecule has 2 aromatic carbocycles. The minimum atomic E-state index is -0.199. The number of halogens is 1. The monoisotopic (exact) mass is 434 g/mol. The van der Waals surface area contributed by atoms with Crippen LogP contribution in [-0.4, -0.2) is 51.9 Å². The second kappa shape index (κ2) is 8.29. The molecule has 1 aromatic heterocycles. The van der Waals surface area contributed by atoms with Gasteiger partial charge in [0.25, 0.3) is 0 Å². The first-order chi connectivity index (χ1) is 15.1. The molecule has 158 valence electrons. The Morgan fingerprint density at radius 2 is 1.84 bits per heavy atom. The summed E-state index contributed by atoms with van der Waals surface area (Å²) in [4.78, 5) is 15.0. The average Bonchev–Trinajstić information content (AvgIpc) is 3.12. The third kappa shape index (κ3) is 3.77. The molecule has 1 amide bonds. The molecule has 1 atom stereocenters. The number of para-hydroxylation sites is 1. The fourth-order valence-electron chi connectivity index (χ4n) is 4.34. The highest BCUT2D eigenvalue weighted by molar-refractivity contribution is 6.30. The van der Waals surface area contributed by atoms with Crippen molar-refractivity contribution in [2.45, 2.75) is 19.3 Å². The first-order valence-electron chi connectivity index (χ1n) is 10.5. The van der Waals surface area contributed by atoms with Crippen molar-refractivity contribution >= 4 is 23.1 Å². The normalized spacial score (nSPS) is 18.1. The number of amides is 1. The van der Waals surface area contributed by atoms with E-state index < -0.39 is 0 Å². The Morgan fingerprint density at radius 1 is 1.10 bits per heavy atom. The van der Waals surface area contributed by atoms with Crippen LogP contribution in [0, 0.1) is 6.92 Å². The second-order valence-electron chi connectivity index (χ2n) is 7.85. The van der Waals surface area contributed by atoms with Gasteiger partial charge in [0.2, 0.25) is 5.91 Å². The van der Waals surface area contributed by atoms with Gasteiger partial charge in [-0.1, -0.05) is 48.0 Å². The Bertz CT molecular complexity index is 1150. The molecule has 0 unspecified atom stereocenters. The number of aromatic nitrogens is 3. The van der Waals surface area contributed by atoms with Gasteiger partial charge in [-0.3, -0.25) is 9.36 Å². The third-order valence-electron chi connectivity index (χ3n) is 5.90. The van der Waals surface area contributed by atoms with Crippen LogP contribution in [0.2, 0.25) is 5.02 Å². The molecule has 0 aliphatic carbocycles. The zero-order valence-electron chi connectivity index (χ0n) is 17.3. The van der Waals surface area contributed by atoms with E-state index in [4.69, 9.17) is 16.3 Å². The smallest absolute Gasteiger partial charge is 0.223 e. The van der Waals surface area contributed by atoms with E-state index in [1.54, 1.807) is 0 Å². The summed E-state index contributed by atoms with van der Waals surface area (Å²) in [6.07, 6.45) is 2.50. The number of ether oxygens (including phenoxy) is 1. The number of benzene rings is 2. The number of carbonyl (C=O) groups is 1. The summed E-state index contributed by atoms with van der Waals surface area (Å²) in [5, 5.41) is 9.52. The number of rotatable bonds is 3. The van der Waals surface area contributed by atoms with Crippen LogP contribution in [0.3, 0.4) is 0 Å². The molecule has 0 spiro atoms. The molecular weight excluding hydrogens is 412 g/mol. The van der Waals surface area contributed by atoms with Gasteiger partial charge in [-0.2, -0.15) is 0 Å². The molecule has 1 fully saturated rings. The number of hydrogen-bond donors (Lipinski definition) is 0. The number of aryl methyl sites for hydroxylation is 1. The van der Waals surface area contributed by atoms with Crippen LogP contribution in [0.4, 0.5) is 0 Å². The van der Waals surface area contributed by atoms with Crippen LogP contribution in [-0.2, 0) is 9.53 Å². The van der Waals surface area contributed by atoms with Gasteiger partial charge in [-0.05, 0) is 36.3 Å². The van der Waals surface area contributed by atoms with Gasteiger partial charge in [0, 0.05) is 36.0 Å². The van der Waals surface area contributed by atoms with Crippen molar-refractivity contribution in [1.29, 1.82) is 0 Å². The number of fused-ring (bicyclic) bond motifs is 3. The van der Waals surface area contributed by atoms with Crippen molar-refractivity contribution in [2.24, 2.45) is 0 Å². The number of allylic oxidation sites excluding steroid dienone is 1. The van der Waals surface area contributed by atoms with Gasteiger partial charge in [-0.15, -0.1) is 10.2 Å². The molecule has 2 aliphatic rings. The maximum atomic E-state index is 13.1. The van der Waals surface area contributed by atoms with E-state index in [0.717, 1.165) is 34.0 Å². The Kier molecular flexibility index (Phi) is 5.34. The first kappa shape index (κ1) is 20.0. The Morgan fingerprint density at radius 3 is 2.61 bits per heavy atom. The van der Waals surface area contributed by atoms with E-state index in [-0.39, 0.29) is 11.8 Å². The second-order valence-corrected chi connectivity index (χ2v) is 8.29. The fraction of sp³-hybridized carbons (Fsp3) is 0.292. The highest BCUT2D eigenvalue weighted by Gasteiger charge is 2.30. The highest BCUT2D eigenvalue weighted by Crippen LogP contribution is 2.38. The largest absolute Gasteiger partial charge is 0.378 e. The van der Waals surface area contributed by atoms with Gasteiger partial charge in [0.15, 0.2) is 0 Å². The summed E-state index contributed by atoms with van der Waals surface area (Å²) in [6.45, 7) is 4.38. The Labute approximate surface area is 186 Å². The molecule has 0 saturated carbocycles. The van der Waals surface area contributed by atoms with Crippen molar-refractivity contribution in [2.75, 3.05) is 26.3 Å². The number of carbonyl (C=O) groups excluding carboxylic acids is 1. The molecule has 3 aromatic rings. The molecule has 3 heterocycles. The number of nitrogens with zero attached hydrogens (tertiary/aromatic N) is 4. The van der Waals surface area contributed by atoms with Gasteiger partial charge in [0.05, 0.1) is 18.9 Å². The summed E-state index contributed by atoms with van der Waals surface area (Å²) in [6, 6.07) is 16.0. The van der Waals surface area contributed by atoms with E-state index >= 15 is 0 Å². The topological polar surface area (TPSA) is 60.2 Å². The molecule has 0 radical (unpaired) electrons. The summed E-state index contributed by atoms with van der Waals surface area (Å²) < 4.78 is 7.48. The van der Waals surface area contributed by atoms with Crippen LogP contribution in [0.5, 0.6) is 0 Å². The van der Waals surface area contributed by atoms with Crippen molar-refractivity contribution in [3.63, 3.8) is 0 Å². The van der Waals surface area contributed by atoms with Crippen LogP contribution in [0.25, 0.3) is 11.3 Å². The van der Waals surface area contributed by atoms with E-state index in [1.165, 1.54) is 0 Å². The molecule has 5 rings (SSSR count). The van der Waals surface area contributed by atoms with Crippen LogP contribution < -0.4 is 0 Å². The fourth-order valence-corrected chi connectivity index (χ4v) is 4.47. The maximum absolute atomic E-state index is 13.1. The molecule has 0 bridgehead atoms. The minimum Gasteiger partial charge on any atom is -0.378 e. The van der Waals surface area contributed by atoms with E-state index in [2.05, 4.69) is 33.0 Å². The van der Waals surface area contributed by atoms with Crippen molar-refractivity contribution in [3.05, 3.63) is 82.4 Å². The predicted octanol–water partition coefficient (Wildman–Crippen LogP) is 4.01. The van der Waals surface area contributed by atoms with Crippen molar-refractivity contribution in [3.8, 4) is 5.69 Å². The molecule has 7 heteroatoms. The number of morpholine rings is 1. The SMILES string of the molecule is Cc1nnc2n1-c1ccccc1C(c1ccc(Cl)cc1)=C[C@H]2CC(=O)N1CCOCC1. The number of hydrogen-bond acceptors (Lipinski definition) is 4. The average molecular weight is 435 g/mol. The molecular formula is C24H23ClN4O2. The van der Waals surface area contributed by atoms with Crippen molar-refractivity contribution in [1.82, 2.24) is 19.7 Å². The summed E-state index contributed by atoms with van der Waals surface area (Å²) in [7, 11) is 0. The summed E-state index contributed by atoms with van der Waals surface area (Å²) >= 11 is 6.14. The van der Waals surface area contributed by atoms with Crippen LogP contribution in [0.15, 0.2) is 54.6 Å². The minimum absolute atomic E-state index is 0.109. The third-order valence-corrected chi connectivity index (χ3v) is 6.15. The van der Waals surface area contributed by atoms with Gasteiger partial charge in [0.1, 0.15) is 11.6 Å².